The van der Waals surface area contributed by atoms with Crippen LogP contribution in [-0.4, -0.2) is 48.6 Å². The first-order valence-electron chi connectivity index (χ1n) is 10.2. The van der Waals surface area contributed by atoms with Crippen LogP contribution in [0.1, 0.15) is 22.0 Å². The van der Waals surface area contributed by atoms with Crippen LogP contribution in [0, 0.1) is 0 Å². The van der Waals surface area contributed by atoms with Crippen LogP contribution in [-0.2, 0) is 4.74 Å². The highest BCUT2D eigenvalue weighted by Gasteiger charge is 2.23. The zero-order chi connectivity index (χ0) is 21.5. The van der Waals surface area contributed by atoms with Gasteiger partial charge in [-0.25, -0.2) is 4.98 Å². The number of halogens is 1. The number of ether oxygens (including phenoxy) is 1. The van der Waals surface area contributed by atoms with Crippen molar-refractivity contribution in [2.24, 2.45) is 0 Å². The van der Waals surface area contributed by atoms with Crippen molar-refractivity contribution in [1.82, 2.24) is 15.2 Å². The minimum atomic E-state index is -0.0746. The molecule has 2 heterocycles. The predicted molar refractivity (Wildman–Crippen MR) is 126 cm³/mol. The van der Waals surface area contributed by atoms with Crippen LogP contribution in [0.5, 0.6) is 0 Å². The van der Waals surface area contributed by atoms with E-state index >= 15 is 0 Å². The van der Waals surface area contributed by atoms with Crippen LogP contribution in [0.3, 0.4) is 0 Å². The Morgan fingerprint density at radius 3 is 2.55 bits per heavy atom. The Hall–Kier alpha value is -2.19. The molecule has 31 heavy (non-hydrogen) atoms. The summed E-state index contributed by atoms with van der Waals surface area (Å²) >= 11 is 4.90. The molecule has 160 valence electrons. The molecule has 1 amide bonds. The molecule has 1 saturated heterocycles. The maximum Gasteiger partial charge on any atom is 0.252 e. The highest BCUT2D eigenvalue weighted by Crippen LogP contribution is 2.30. The van der Waals surface area contributed by atoms with Gasteiger partial charge < -0.3 is 10.1 Å². The Labute approximate surface area is 195 Å². The lowest BCUT2D eigenvalue weighted by molar-refractivity contribution is 0.0162. The fraction of sp³-hybridized carbons (Fsp3) is 0.250. The van der Waals surface area contributed by atoms with Gasteiger partial charge in [-0.15, -0.1) is 0 Å². The average Bonchev–Trinajstić information content (AvgIpc) is 2.82. The summed E-state index contributed by atoms with van der Waals surface area (Å²) in [5, 5.41) is 4.01. The van der Waals surface area contributed by atoms with E-state index in [0.29, 0.717) is 12.1 Å². The third-order valence-electron chi connectivity index (χ3n) is 5.17. The molecule has 1 aliphatic heterocycles. The third kappa shape index (κ3) is 5.95. The summed E-state index contributed by atoms with van der Waals surface area (Å²) in [7, 11) is 0. The van der Waals surface area contributed by atoms with Crippen molar-refractivity contribution in [2.75, 3.05) is 32.8 Å². The number of pyridine rings is 1. The monoisotopic (exact) mass is 497 g/mol. The molecule has 5 nitrogen and oxygen atoms in total. The molecule has 3 aromatic rings. The van der Waals surface area contributed by atoms with Gasteiger partial charge >= 0.3 is 0 Å². The van der Waals surface area contributed by atoms with Gasteiger partial charge in [-0.05, 0) is 45.8 Å². The van der Waals surface area contributed by atoms with Crippen LogP contribution < -0.4 is 5.32 Å². The minimum absolute atomic E-state index is 0.0746. The molecular weight excluding hydrogens is 474 g/mol. The van der Waals surface area contributed by atoms with Gasteiger partial charge in [-0.3, -0.25) is 9.69 Å². The molecular formula is C24H24BrN3O2S. The molecule has 0 saturated carbocycles. The second-order valence-corrected chi connectivity index (χ2v) is 9.18. The van der Waals surface area contributed by atoms with Gasteiger partial charge in [0.1, 0.15) is 5.03 Å². The quantitative estimate of drug-likeness (QED) is 0.508. The molecule has 2 aromatic carbocycles. The first-order chi connectivity index (χ1) is 15.2. The standard InChI is InChI=1S/C24H24BrN3O2S/c25-19-10-11-23(26-16-19)31-22-9-5-4-8-20(22)24(29)27-17-21(18-6-2-1-3-7-18)28-12-14-30-15-13-28/h1-11,16,21H,12-15,17H2,(H,27,29). The number of benzene rings is 2. The van der Waals surface area contributed by atoms with Crippen molar-refractivity contribution in [2.45, 2.75) is 16.0 Å². The number of carbonyl (C=O) groups is 1. The van der Waals surface area contributed by atoms with E-state index in [1.54, 1.807) is 6.20 Å². The third-order valence-corrected chi connectivity index (χ3v) is 6.67. The van der Waals surface area contributed by atoms with E-state index in [1.165, 1.54) is 17.3 Å². The van der Waals surface area contributed by atoms with Crippen molar-refractivity contribution in [1.29, 1.82) is 0 Å². The van der Waals surface area contributed by atoms with Crippen molar-refractivity contribution in [3.8, 4) is 0 Å². The summed E-state index contributed by atoms with van der Waals surface area (Å²) in [6, 6.07) is 22.0. The summed E-state index contributed by atoms with van der Waals surface area (Å²) in [4.78, 5) is 20.8. The number of aromatic nitrogens is 1. The number of amides is 1. The number of hydrogen-bond donors (Lipinski definition) is 1. The van der Waals surface area contributed by atoms with E-state index in [-0.39, 0.29) is 11.9 Å². The van der Waals surface area contributed by atoms with E-state index in [1.807, 2.05) is 54.6 Å². The summed E-state index contributed by atoms with van der Waals surface area (Å²) in [6.45, 7) is 3.69. The normalized spacial score (nSPS) is 15.4. The number of nitrogens with zero attached hydrogens (tertiary/aromatic N) is 2. The molecule has 1 unspecified atom stereocenters. The molecule has 1 atom stereocenters. The highest BCUT2D eigenvalue weighted by molar-refractivity contribution is 9.10. The molecule has 1 fully saturated rings. The van der Waals surface area contributed by atoms with Crippen LogP contribution in [0.25, 0.3) is 0 Å². The maximum atomic E-state index is 13.1. The largest absolute Gasteiger partial charge is 0.379 e. The second-order valence-electron chi connectivity index (χ2n) is 7.20. The van der Waals surface area contributed by atoms with Crippen molar-refractivity contribution in [3.05, 3.63) is 88.5 Å². The lowest BCUT2D eigenvalue weighted by Crippen LogP contribution is -2.43. The molecule has 7 heteroatoms. The number of hydrogen-bond acceptors (Lipinski definition) is 5. The predicted octanol–water partition coefficient (Wildman–Crippen LogP) is 4.80. The molecule has 0 bridgehead atoms. The summed E-state index contributed by atoms with van der Waals surface area (Å²) < 4.78 is 6.45. The smallest absolute Gasteiger partial charge is 0.252 e. The van der Waals surface area contributed by atoms with Crippen LogP contribution in [0.4, 0.5) is 0 Å². The van der Waals surface area contributed by atoms with Gasteiger partial charge in [-0.2, -0.15) is 0 Å². The van der Waals surface area contributed by atoms with Gasteiger partial charge in [0.05, 0.1) is 24.8 Å². The zero-order valence-electron chi connectivity index (χ0n) is 17.0. The fourth-order valence-corrected chi connectivity index (χ4v) is 4.70. The van der Waals surface area contributed by atoms with Crippen LogP contribution >= 0.6 is 27.7 Å². The van der Waals surface area contributed by atoms with Crippen molar-refractivity contribution < 1.29 is 9.53 Å². The summed E-state index contributed by atoms with van der Waals surface area (Å²) in [5.74, 6) is -0.0746. The zero-order valence-corrected chi connectivity index (χ0v) is 19.4. The molecule has 0 spiro atoms. The molecule has 4 rings (SSSR count). The second kappa shape index (κ2) is 10.9. The van der Waals surface area contributed by atoms with E-state index < -0.39 is 0 Å². The lowest BCUT2D eigenvalue weighted by Gasteiger charge is -2.35. The summed E-state index contributed by atoms with van der Waals surface area (Å²) in [5.41, 5.74) is 1.86. The van der Waals surface area contributed by atoms with Gasteiger partial charge in [0.25, 0.3) is 5.91 Å². The van der Waals surface area contributed by atoms with E-state index in [2.05, 4.69) is 43.3 Å². The Balaban J connectivity index is 1.48. The van der Waals surface area contributed by atoms with Crippen LogP contribution in [0.15, 0.2) is 87.3 Å². The number of carbonyl (C=O) groups excluding carboxylic acids is 1. The number of morpholine rings is 1. The van der Waals surface area contributed by atoms with Gasteiger partial charge in [0, 0.05) is 35.2 Å². The SMILES string of the molecule is O=C(NCC(c1ccccc1)N1CCOCC1)c1ccccc1Sc1ccc(Br)cn1. The first kappa shape index (κ1) is 22.0. The lowest BCUT2D eigenvalue weighted by atomic mass is 10.0. The molecule has 1 aliphatic rings. The Morgan fingerprint density at radius 1 is 1.06 bits per heavy atom. The van der Waals surface area contributed by atoms with Gasteiger partial charge in [0.2, 0.25) is 0 Å². The molecule has 1 aromatic heterocycles. The van der Waals surface area contributed by atoms with E-state index in [9.17, 15) is 4.79 Å². The highest BCUT2D eigenvalue weighted by atomic mass is 79.9. The summed E-state index contributed by atoms with van der Waals surface area (Å²) in [6.07, 6.45) is 1.76. The van der Waals surface area contributed by atoms with E-state index in [4.69, 9.17) is 4.74 Å². The van der Waals surface area contributed by atoms with Gasteiger partial charge in [0.15, 0.2) is 0 Å². The van der Waals surface area contributed by atoms with Crippen LogP contribution in [0.2, 0.25) is 0 Å². The van der Waals surface area contributed by atoms with Crippen molar-refractivity contribution in [3.63, 3.8) is 0 Å². The topological polar surface area (TPSA) is 54.5 Å². The molecule has 0 radical (unpaired) electrons. The number of rotatable bonds is 7. The first-order valence-corrected chi connectivity index (χ1v) is 11.8. The fourth-order valence-electron chi connectivity index (χ4n) is 3.59. The van der Waals surface area contributed by atoms with Gasteiger partial charge in [-0.1, -0.05) is 54.2 Å². The number of nitrogens with one attached hydrogen (secondary N) is 1. The Morgan fingerprint density at radius 2 is 1.81 bits per heavy atom. The van der Waals surface area contributed by atoms with Crippen molar-refractivity contribution >= 4 is 33.6 Å². The molecule has 0 aliphatic carbocycles. The Kier molecular flexibility index (Phi) is 7.75. The minimum Gasteiger partial charge on any atom is -0.379 e. The average molecular weight is 498 g/mol. The van der Waals surface area contributed by atoms with E-state index in [0.717, 1.165) is 40.7 Å². The molecule has 1 N–H and O–H groups in total. The Bertz CT molecular complexity index is 995. The maximum absolute atomic E-state index is 13.1.